The lowest BCUT2D eigenvalue weighted by Crippen LogP contribution is -2.68. The zero-order valence-corrected chi connectivity index (χ0v) is 17.1. The average molecular weight is 417 g/mol. The predicted octanol–water partition coefficient (Wildman–Crippen LogP) is 3.47. The van der Waals surface area contributed by atoms with Gasteiger partial charge in [-0.25, -0.2) is 12.8 Å². The van der Waals surface area contributed by atoms with Crippen molar-refractivity contribution in [1.29, 1.82) is 0 Å². The van der Waals surface area contributed by atoms with E-state index >= 15 is 0 Å². The van der Waals surface area contributed by atoms with Gasteiger partial charge in [-0.15, -0.1) is 0 Å². The van der Waals surface area contributed by atoms with E-state index in [0.717, 1.165) is 43.8 Å². The highest BCUT2D eigenvalue weighted by Gasteiger charge is 2.49. The summed E-state index contributed by atoms with van der Waals surface area (Å²) < 4.78 is 48.2. The second-order valence-corrected chi connectivity index (χ2v) is 10.4. The third kappa shape index (κ3) is 3.35. The van der Waals surface area contributed by atoms with Crippen molar-refractivity contribution in [3.8, 4) is 0 Å². The SMILES string of the molecule is O=S1(=O)[C@@H](c2ccccc2)CCCN1Cc1ccc(N2CC3(CCO3)C2)cc1F. The van der Waals surface area contributed by atoms with Crippen molar-refractivity contribution in [3.63, 3.8) is 0 Å². The molecule has 0 aliphatic carbocycles. The van der Waals surface area contributed by atoms with Gasteiger partial charge in [0, 0.05) is 43.9 Å². The first-order chi connectivity index (χ1) is 14.0. The van der Waals surface area contributed by atoms with Crippen LogP contribution in [0.15, 0.2) is 48.5 Å². The lowest BCUT2D eigenvalue weighted by Gasteiger charge is -2.56. The molecule has 5 rings (SSSR count). The molecule has 3 fully saturated rings. The fraction of sp³-hybridized carbons (Fsp3) is 0.455. The number of halogens is 1. The van der Waals surface area contributed by atoms with E-state index in [-0.39, 0.29) is 18.0 Å². The van der Waals surface area contributed by atoms with Crippen molar-refractivity contribution in [1.82, 2.24) is 4.31 Å². The molecule has 3 aliphatic heterocycles. The first-order valence-corrected chi connectivity index (χ1v) is 11.7. The molecule has 3 aliphatic rings. The first-order valence-electron chi connectivity index (χ1n) is 10.2. The van der Waals surface area contributed by atoms with Crippen LogP contribution in [0.2, 0.25) is 0 Å². The maximum atomic E-state index is 14.8. The van der Waals surface area contributed by atoms with Crippen LogP contribution in [0, 0.1) is 5.82 Å². The molecule has 2 aromatic carbocycles. The summed E-state index contributed by atoms with van der Waals surface area (Å²) in [4.78, 5) is 2.11. The number of sulfonamides is 1. The average Bonchev–Trinajstić information content (AvgIpc) is 2.63. The minimum Gasteiger partial charge on any atom is -0.371 e. The molecule has 0 saturated carbocycles. The van der Waals surface area contributed by atoms with Crippen molar-refractivity contribution in [3.05, 3.63) is 65.5 Å². The number of hydrogen-bond donors (Lipinski definition) is 0. The molecule has 0 bridgehead atoms. The number of anilines is 1. The standard InChI is InChI=1S/C22H25FN2O3S/c23-20-13-19(24-15-22(16-24)10-12-28-22)9-8-18(20)14-25-11-4-7-21(29(25,26)27)17-5-2-1-3-6-17/h1-3,5-6,8-9,13,21H,4,7,10-12,14-16H2/t21-/m1/s1. The van der Waals surface area contributed by atoms with Crippen molar-refractivity contribution in [2.45, 2.75) is 36.7 Å². The van der Waals surface area contributed by atoms with Gasteiger partial charge in [0.1, 0.15) is 16.7 Å². The van der Waals surface area contributed by atoms with Crippen molar-refractivity contribution < 1.29 is 17.5 Å². The highest BCUT2D eigenvalue weighted by molar-refractivity contribution is 7.89. The van der Waals surface area contributed by atoms with E-state index in [0.29, 0.717) is 18.5 Å². The van der Waals surface area contributed by atoms with E-state index in [4.69, 9.17) is 4.74 Å². The van der Waals surface area contributed by atoms with E-state index in [2.05, 4.69) is 4.90 Å². The molecule has 0 aromatic heterocycles. The molecule has 2 aromatic rings. The Morgan fingerprint density at radius 3 is 2.55 bits per heavy atom. The molecule has 3 saturated heterocycles. The summed E-state index contributed by atoms with van der Waals surface area (Å²) in [6, 6.07) is 14.4. The van der Waals surface area contributed by atoms with Crippen molar-refractivity contribution >= 4 is 15.7 Å². The predicted molar refractivity (Wildman–Crippen MR) is 110 cm³/mol. The van der Waals surface area contributed by atoms with Gasteiger partial charge in [0.2, 0.25) is 10.0 Å². The van der Waals surface area contributed by atoms with Gasteiger partial charge >= 0.3 is 0 Å². The Hall–Kier alpha value is -1.96. The molecule has 1 atom stereocenters. The number of hydrogen-bond acceptors (Lipinski definition) is 4. The fourth-order valence-electron chi connectivity index (χ4n) is 4.61. The van der Waals surface area contributed by atoms with E-state index in [1.54, 1.807) is 6.07 Å². The number of ether oxygens (including phenoxy) is 1. The summed E-state index contributed by atoms with van der Waals surface area (Å²) in [5, 5.41) is -0.556. The quantitative estimate of drug-likeness (QED) is 0.766. The lowest BCUT2D eigenvalue weighted by atomic mass is 9.86. The monoisotopic (exact) mass is 416 g/mol. The van der Waals surface area contributed by atoms with Gasteiger partial charge in [-0.05, 0) is 30.5 Å². The van der Waals surface area contributed by atoms with Gasteiger partial charge in [-0.2, -0.15) is 4.31 Å². The minimum atomic E-state index is -3.52. The first kappa shape index (κ1) is 19.0. The van der Waals surface area contributed by atoms with Gasteiger partial charge in [0.15, 0.2) is 0 Å². The summed E-state index contributed by atoms with van der Waals surface area (Å²) in [7, 11) is -3.52. The molecule has 7 heteroatoms. The van der Waals surface area contributed by atoms with Crippen LogP contribution in [0.25, 0.3) is 0 Å². The van der Waals surface area contributed by atoms with Crippen molar-refractivity contribution in [2.75, 3.05) is 31.1 Å². The summed E-state index contributed by atoms with van der Waals surface area (Å²) in [6.07, 6.45) is 2.44. The number of nitrogens with zero attached hydrogens (tertiary/aromatic N) is 2. The van der Waals surface area contributed by atoms with Crippen LogP contribution in [0.1, 0.15) is 35.6 Å². The highest BCUT2D eigenvalue weighted by Crippen LogP contribution is 2.39. The smallest absolute Gasteiger partial charge is 0.221 e. The number of benzene rings is 2. The zero-order valence-electron chi connectivity index (χ0n) is 16.3. The second-order valence-electron chi connectivity index (χ2n) is 8.33. The van der Waals surface area contributed by atoms with E-state index in [1.807, 2.05) is 36.4 Å². The summed E-state index contributed by atoms with van der Waals surface area (Å²) in [5.74, 6) is -0.352. The van der Waals surface area contributed by atoms with Gasteiger partial charge < -0.3 is 9.64 Å². The van der Waals surface area contributed by atoms with Crippen LogP contribution >= 0.6 is 0 Å². The molecular formula is C22H25FN2O3S. The maximum Gasteiger partial charge on any atom is 0.221 e. The molecular weight excluding hydrogens is 391 g/mol. The molecule has 0 N–H and O–H groups in total. The van der Waals surface area contributed by atoms with Crippen LogP contribution in [-0.4, -0.2) is 44.6 Å². The van der Waals surface area contributed by atoms with E-state index in [9.17, 15) is 12.8 Å². The Kier molecular flexibility index (Phi) is 4.64. The third-order valence-corrected chi connectivity index (χ3v) is 8.70. The Bertz CT molecular complexity index is 1000. The van der Waals surface area contributed by atoms with Gasteiger partial charge in [0.25, 0.3) is 0 Å². The molecule has 0 amide bonds. The largest absolute Gasteiger partial charge is 0.371 e. The lowest BCUT2D eigenvalue weighted by molar-refractivity contribution is -0.160. The molecule has 0 unspecified atom stereocenters. The normalized spacial score (nSPS) is 25.4. The Balaban J connectivity index is 1.32. The zero-order chi connectivity index (χ0) is 20.1. The van der Waals surface area contributed by atoms with Crippen LogP contribution in [-0.2, 0) is 21.3 Å². The highest BCUT2D eigenvalue weighted by atomic mass is 32.2. The molecule has 3 heterocycles. The Morgan fingerprint density at radius 1 is 1.14 bits per heavy atom. The maximum absolute atomic E-state index is 14.8. The van der Waals surface area contributed by atoms with Crippen LogP contribution in [0.4, 0.5) is 10.1 Å². The summed E-state index contributed by atoms with van der Waals surface area (Å²) >= 11 is 0. The Morgan fingerprint density at radius 2 is 1.90 bits per heavy atom. The Labute approximate surface area is 171 Å². The summed E-state index contributed by atoms with van der Waals surface area (Å²) in [5.41, 5.74) is 2.04. The van der Waals surface area contributed by atoms with Crippen LogP contribution < -0.4 is 4.90 Å². The van der Waals surface area contributed by atoms with Crippen LogP contribution in [0.3, 0.4) is 0 Å². The second kappa shape index (κ2) is 7.07. The topological polar surface area (TPSA) is 49.9 Å². The molecule has 1 spiro atoms. The van der Waals surface area contributed by atoms with Gasteiger partial charge in [-0.3, -0.25) is 0 Å². The molecule has 5 nitrogen and oxygen atoms in total. The van der Waals surface area contributed by atoms with Crippen LogP contribution in [0.5, 0.6) is 0 Å². The molecule has 29 heavy (non-hydrogen) atoms. The summed E-state index contributed by atoms with van der Waals surface area (Å²) in [6.45, 7) is 2.91. The van der Waals surface area contributed by atoms with Gasteiger partial charge in [0.05, 0.1) is 6.61 Å². The number of rotatable bonds is 4. The minimum absolute atomic E-state index is 0.0104. The fourth-order valence-corrected chi connectivity index (χ4v) is 6.64. The molecule has 154 valence electrons. The third-order valence-electron chi connectivity index (χ3n) is 6.44. The van der Waals surface area contributed by atoms with Gasteiger partial charge in [-0.1, -0.05) is 36.4 Å². The van der Waals surface area contributed by atoms with E-state index < -0.39 is 15.3 Å². The van der Waals surface area contributed by atoms with Crippen molar-refractivity contribution in [2.24, 2.45) is 0 Å². The van der Waals surface area contributed by atoms with E-state index in [1.165, 1.54) is 10.4 Å². The molecule has 0 radical (unpaired) electrons.